The van der Waals surface area contributed by atoms with E-state index in [-0.39, 0.29) is 18.4 Å². The first-order valence-corrected chi connectivity index (χ1v) is 17.8. The van der Waals surface area contributed by atoms with Gasteiger partial charge in [-0.3, -0.25) is 9.79 Å². The van der Waals surface area contributed by atoms with Crippen LogP contribution < -0.4 is 14.8 Å². The van der Waals surface area contributed by atoms with E-state index in [1.807, 2.05) is 81.6 Å². The lowest BCUT2D eigenvalue weighted by Gasteiger charge is -2.32. The molecule has 2 heterocycles. The first-order valence-electron chi connectivity index (χ1n) is 16.6. The van der Waals surface area contributed by atoms with E-state index in [0.29, 0.717) is 41.3 Å². The molecule has 1 aromatic heterocycles. The van der Waals surface area contributed by atoms with Crippen LogP contribution in [-0.4, -0.2) is 87.7 Å². The Morgan fingerprint density at radius 3 is 2.43 bits per heavy atom. The Morgan fingerprint density at radius 1 is 1.12 bits per heavy atom. The van der Waals surface area contributed by atoms with Gasteiger partial charge in [-0.2, -0.15) is 0 Å². The van der Waals surface area contributed by atoms with Crippen LogP contribution in [0.4, 0.5) is 4.79 Å². The van der Waals surface area contributed by atoms with Crippen molar-refractivity contribution in [3.63, 3.8) is 0 Å². The van der Waals surface area contributed by atoms with Gasteiger partial charge in [-0.15, -0.1) is 11.8 Å². The summed E-state index contributed by atoms with van der Waals surface area (Å²) >= 11 is 1.32. The number of nitrogens with zero attached hydrogens (tertiary/aromatic N) is 3. The van der Waals surface area contributed by atoms with Gasteiger partial charge >= 0.3 is 12.1 Å². The number of carbonyl (C=O) groups is 3. The van der Waals surface area contributed by atoms with Crippen LogP contribution in [0, 0.1) is 5.92 Å². The molecule has 2 N–H and O–H groups in total. The molecule has 12 heteroatoms. The van der Waals surface area contributed by atoms with Gasteiger partial charge in [0.05, 0.1) is 36.0 Å². The predicted octanol–water partition coefficient (Wildman–Crippen LogP) is 6.82. The molecule has 264 valence electrons. The Kier molecular flexibility index (Phi) is 12.5. The number of benzene rings is 2. The molecule has 0 radical (unpaired) electrons. The third-order valence-electron chi connectivity index (χ3n) is 8.12. The molecule has 0 bridgehead atoms. The van der Waals surface area contributed by atoms with Crippen LogP contribution in [0.3, 0.4) is 0 Å². The number of amides is 2. The van der Waals surface area contributed by atoms with Gasteiger partial charge in [0.15, 0.2) is 0 Å². The summed E-state index contributed by atoms with van der Waals surface area (Å²) < 4.78 is 17.7. The number of hydrogen-bond donors (Lipinski definition) is 2. The number of nitrogens with one attached hydrogen (secondary N) is 1. The largest absolute Gasteiger partial charge is 0.497 e. The second-order valence-electron chi connectivity index (χ2n) is 13.4. The molecule has 4 atom stereocenters. The summed E-state index contributed by atoms with van der Waals surface area (Å²) in [6.07, 6.45) is 2.02. The molecule has 0 aliphatic carbocycles. The standard InChI is InChI=1S/C37H48N4O7S/c1-9-13-27(35(43)44)39-33(49-8)30-19-25(21-41(30)34(42)32(22(2)3)40-36(45)48-37(4,5)6)47-31-20-28(23-14-11-10-12-15-23)38-29-18-24(46-7)16-17-26(29)31/h10-12,14-18,20,22,25,27,30,32H,9,13,19,21H2,1-8H3,(H,40,45)(H,43,44)/b39-33-/t25-,27+,30+,32+/m1/s1. The lowest BCUT2D eigenvalue weighted by molar-refractivity contribution is -0.138. The molecule has 1 fully saturated rings. The van der Waals surface area contributed by atoms with E-state index >= 15 is 0 Å². The average molecular weight is 693 g/mol. The first-order chi connectivity index (χ1) is 23.2. The summed E-state index contributed by atoms with van der Waals surface area (Å²) in [7, 11) is 1.60. The number of likely N-dealkylation sites (tertiary alicyclic amines) is 1. The fourth-order valence-corrected chi connectivity index (χ4v) is 6.50. The minimum Gasteiger partial charge on any atom is -0.497 e. The normalized spacial score (nSPS) is 17.9. The Hall–Kier alpha value is -4.32. The van der Waals surface area contributed by atoms with Gasteiger partial charge in [0.25, 0.3) is 0 Å². The van der Waals surface area contributed by atoms with E-state index in [0.717, 1.165) is 16.6 Å². The number of thioether (sulfide) groups is 1. The molecule has 1 aliphatic rings. The third-order valence-corrected chi connectivity index (χ3v) is 8.91. The first kappa shape index (κ1) is 37.5. The summed E-state index contributed by atoms with van der Waals surface area (Å²) in [5, 5.41) is 14.0. The molecule has 4 rings (SSSR count). The van der Waals surface area contributed by atoms with E-state index in [1.54, 1.807) is 32.8 Å². The second kappa shape index (κ2) is 16.4. The van der Waals surface area contributed by atoms with Gasteiger partial charge in [0.1, 0.15) is 35.3 Å². The zero-order valence-electron chi connectivity index (χ0n) is 29.6. The van der Waals surface area contributed by atoms with Crippen molar-refractivity contribution in [1.29, 1.82) is 0 Å². The maximum atomic E-state index is 14.4. The highest BCUT2D eigenvalue weighted by Crippen LogP contribution is 2.35. The number of aromatic nitrogens is 1. The highest BCUT2D eigenvalue weighted by Gasteiger charge is 2.43. The fourth-order valence-electron chi connectivity index (χ4n) is 5.77. The highest BCUT2D eigenvalue weighted by atomic mass is 32.2. The molecule has 3 aromatic rings. The lowest BCUT2D eigenvalue weighted by Crippen LogP contribution is -2.54. The molecule has 2 amide bonds. The Balaban J connectivity index is 1.75. The summed E-state index contributed by atoms with van der Waals surface area (Å²) in [5.74, 6) is -0.359. The van der Waals surface area contributed by atoms with Crippen LogP contribution in [0.2, 0.25) is 0 Å². The number of hydrogen-bond acceptors (Lipinski definition) is 9. The van der Waals surface area contributed by atoms with Crippen molar-refractivity contribution >= 4 is 45.7 Å². The molecule has 0 unspecified atom stereocenters. The SMILES string of the molecule is CCC[C@H](/N=C(\SC)[C@@H]1C[C@@H](Oc2cc(-c3ccccc3)nc3cc(OC)ccc23)CN1C(=O)[C@@H](NC(=O)OC(C)(C)C)C(C)C)C(=O)O. The zero-order valence-corrected chi connectivity index (χ0v) is 30.4. The molecular formula is C37H48N4O7S. The molecule has 49 heavy (non-hydrogen) atoms. The van der Waals surface area contributed by atoms with Crippen LogP contribution in [0.1, 0.15) is 60.8 Å². The molecular weight excluding hydrogens is 644 g/mol. The van der Waals surface area contributed by atoms with Crippen molar-refractivity contribution in [1.82, 2.24) is 15.2 Å². The number of carboxylic acids is 1. The highest BCUT2D eigenvalue weighted by molar-refractivity contribution is 8.13. The lowest BCUT2D eigenvalue weighted by atomic mass is 10.0. The molecule has 0 saturated carbocycles. The second-order valence-corrected chi connectivity index (χ2v) is 14.2. The molecule has 1 saturated heterocycles. The third kappa shape index (κ3) is 9.65. The van der Waals surface area contributed by atoms with E-state index in [9.17, 15) is 19.5 Å². The minimum absolute atomic E-state index is 0.189. The number of rotatable bonds is 12. The summed E-state index contributed by atoms with van der Waals surface area (Å²) in [4.78, 5) is 50.6. The monoisotopic (exact) mass is 692 g/mol. The van der Waals surface area contributed by atoms with Crippen molar-refractivity contribution < 1.29 is 33.7 Å². The molecule has 2 aromatic carbocycles. The number of methoxy groups -OCH3 is 1. The number of aliphatic carboxylic acids is 1. The van der Waals surface area contributed by atoms with Gasteiger partial charge in [0.2, 0.25) is 5.91 Å². The van der Waals surface area contributed by atoms with Gasteiger partial charge in [-0.1, -0.05) is 57.5 Å². The van der Waals surface area contributed by atoms with Crippen LogP contribution in [0.5, 0.6) is 11.5 Å². The minimum atomic E-state index is -1.02. The Morgan fingerprint density at radius 2 is 1.84 bits per heavy atom. The number of ether oxygens (including phenoxy) is 3. The molecule has 0 spiro atoms. The van der Waals surface area contributed by atoms with E-state index in [2.05, 4.69) is 10.3 Å². The van der Waals surface area contributed by atoms with Crippen LogP contribution in [-0.2, 0) is 14.3 Å². The average Bonchev–Trinajstić information content (AvgIpc) is 3.47. The van der Waals surface area contributed by atoms with Gasteiger partial charge in [-0.25, -0.2) is 14.6 Å². The fraction of sp³-hybridized carbons (Fsp3) is 0.486. The van der Waals surface area contributed by atoms with Crippen LogP contribution in [0.25, 0.3) is 22.2 Å². The van der Waals surface area contributed by atoms with Gasteiger partial charge in [-0.05, 0) is 51.5 Å². The smallest absolute Gasteiger partial charge is 0.408 e. The van der Waals surface area contributed by atoms with E-state index < -0.39 is 41.9 Å². The van der Waals surface area contributed by atoms with Crippen molar-refractivity contribution in [2.75, 3.05) is 19.9 Å². The Labute approximate surface area is 292 Å². The van der Waals surface area contributed by atoms with Crippen LogP contribution in [0.15, 0.2) is 59.6 Å². The van der Waals surface area contributed by atoms with Gasteiger partial charge < -0.3 is 29.5 Å². The van der Waals surface area contributed by atoms with Crippen LogP contribution >= 0.6 is 11.8 Å². The number of carbonyl (C=O) groups excluding carboxylic acids is 2. The predicted molar refractivity (Wildman–Crippen MR) is 194 cm³/mol. The number of alkyl carbamates (subject to hydrolysis) is 1. The number of fused-ring (bicyclic) bond motifs is 1. The van der Waals surface area contributed by atoms with Crippen molar-refractivity contribution in [2.45, 2.75) is 90.6 Å². The molecule has 11 nitrogen and oxygen atoms in total. The summed E-state index contributed by atoms with van der Waals surface area (Å²) in [6, 6.07) is 14.9. The van der Waals surface area contributed by atoms with Crippen molar-refractivity contribution in [3.8, 4) is 22.8 Å². The molecule has 1 aliphatic heterocycles. The number of aliphatic imine (C=N–C) groups is 1. The number of carboxylic acid groups (broad SMARTS) is 1. The van der Waals surface area contributed by atoms with Crippen molar-refractivity contribution in [2.24, 2.45) is 10.9 Å². The maximum absolute atomic E-state index is 14.4. The van der Waals surface area contributed by atoms with E-state index in [4.69, 9.17) is 19.2 Å². The quantitative estimate of drug-likeness (QED) is 0.155. The Bertz CT molecular complexity index is 1660. The van der Waals surface area contributed by atoms with Gasteiger partial charge in [0, 0.05) is 29.5 Å². The number of pyridine rings is 1. The maximum Gasteiger partial charge on any atom is 0.408 e. The summed E-state index contributed by atoms with van der Waals surface area (Å²) in [6.45, 7) is 11.1. The zero-order chi connectivity index (χ0) is 35.9. The topological polar surface area (TPSA) is 140 Å². The van der Waals surface area contributed by atoms with Crippen molar-refractivity contribution in [3.05, 3.63) is 54.6 Å². The summed E-state index contributed by atoms with van der Waals surface area (Å²) in [5.41, 5.74) is 1.58. The van der Waals surface area contributed by atoms with E-state index in [1.165, 1.54) is 11.8 Å².